The number of aromatic nitrogens is 1. The van der Waals surface area contributed by atoms with Crippen LogP contribution in [0, 0.1) is 0 Å². The molecule has 0 saturated carbocycles. The molecule has 0 aliphatic heterocycles. The second-order valence-corrected chi connectivity index (χ2v) is 7.00. The van der Waals surface area contributed by atoms with Gasteiger partial charge in [-0.2, -0.15) is 0 Å². The number of aliphatic imine (C=N–C) groups is 1. The first-order valence-corrected chi connectivity index (χ1v) is 9.55. The average molecular weight is 504 g/mol. The number of nitrogens with zero attached hydrogens (tertiary/aromatic N) is 2. The lowest BCUT2D eigenvalue weighted by atomic mass is 10.2. The molecule has 6 nitrogen and oxygen atoms in total. The second-order valence-electron chi connectivity index (χ2n) is 6.11. The molecule has 2 N–H and O–H groups in total. The Balaban J connectivity index is 0.00000364. The minimum Gasteiger partial charge on any atom is -0.497 e. The number of benzene rings is 1. The molecule has 0 aliphatic carbocycles. The summed E-state index contributed by atoms with van der Waals surface area (Å²) in [4.78, 5) is 8.92. The topological polar surface area (TPSA) is 67.8 Å². The molecule has 0 spiro atoms. The van der Waals surface area contributed by atoms with Crippen LogP contribution in [-0.2, 0) is 13.0 Å². The van der Waals surface area contributed by atoms with Gasteiger partial charge in [-0.25, -0.2) is 4.98 Å². The molecule has 0 amide bonds. The van der Waals surface area contributed by atoms with Gasteiger partial charge in [0.25, 0.3) is 0 Å². The first kappa shape index (κ1) is 23.5. The van der Waals surface area contributed by atoms with Crippen LogP contribution in [0.15, 0.2) is 28.6 Å². The van der Waals surface area contributed by atoms with E-state index in [1.165, 1.54) is 5.01 Å². The highest BCUT2D eigenvalue weighted by Crippen LogP contribution is 2.24. The molecule has 0 aliphatic rings. The summed E-state index contributed by atoms with van der Waals surface area (Å²) in [5, 5.41) is 9.96. The van der Waals surface area contributed by atoms with E-state index in [9.17, 15) is 0 Å². The predicted octanol–water partition coefficient (Wildman–Crippen LogP) is 3.81. The fourth-order valence-corrected chi connectivity index (χ4v) is 3.28. The lowest BCUT2D eigenvalue weighted by Crippen LogP contribution is -2.37. The van der Waals surface area contributed by atoms with Gasteiger partial charge >= 0.3 is 0 Å². The third-order valence-corrected chi connectivity index (χ3v) is 5.10. The van der Waals surface area contributed by atoms with Crippen molar-refractivity contribution in [3.63, 3.8) is 0 Å². The van der Waals surface area contributed by atoms with Gasteiger partial charge in [0.05, 0.1) is 24.9 Å². The summed E-state index contributed by atoms with van der Waals surface area (Å²) in [5.41, 5.74) is 2.16. The first-order valence-electron chi connectivity index (χ1n) is 8.67. The Morgan fingerprint density at radius 3 is 2.59 bits per heavy atom. The van der Waals surface area contributed by atoms with Crippen molar-refractivity contribution in [1.29, 1.82) is 0 Å². The maximum atomic E-state index is 5.43. The van der Waals surface area contributed by atoms with Crippen LogP contribution >= 0.6 is 35.3 Å². The largest absolute Gasteiger partial charge is 0.497 e. The highest BCUT2D eigenvalue weighted by atomic mass is 127. The normalized spacial score (nSPS) is 11.1. The van der Waals surface area contributed by atoms with Crippen LogP contribution in [0.2, 0.25) is 0 Å². The molecule has 8 heteroatoms. The molecule has 0 radical (unpaired) electrons. The van der Waals surface area contributed by atoms with Crippen molar-refractivity contribution >= 4 is 41.3 Å². The van der Waals surface area contributed by atoms with E-state index < -0.39 is 0 Å². The number of ether oxygens (including phenoxy) is 2. The number of thiazole rings is 1. The van der Waals surface area contributed by atoms with Crippen LogP contribution in [0.4, 0.5) is 0 Å². The van der Waals surface area contributed by atoms with Gasteiger partial charge in [-0.3, -0.25) is 4.99 Å². The van der Waals surface area contributed by atoms with Crippen LogP contribution in [0.1, 0.15) is 36.0 Å². The molecule has 27 heavy (non-hydrogen) atoms. The van der Waals surface area contributed by atoms with Crippen molar-refractivity contribution in [3.05, 3.63) is 39.8 Å². The summed E-state index contributed by atoms with van der Waals surface area (Å²) < 4.78 is 10.7. The van der Waals surface area contributed by atoms with Gasteiger partial charge in [-0.15, -0.1) is 35.3 Å². The zero-order valence-electron chi connectivity index (χ0n) is 16.5. The number of rotatable bonds is 8. The van der Waals surface area contributed by atoms with Crippen LogP contribution < -0.4 is 20.1 Å². The first-order chi connectivity index (χ1) is 12.6. The van der Waals surface area contributed by atoms with Gasteiger partial charge in [0.1, 0.15) is 11.5 Å². The Morgan fingerprint density at radius 2 is 2.00 bits per heavy atom. The van der Waals surface area contributed by atoms with E-state index in [0.717, 1.165) is 41.7 Å². The Morgan fingerprint density at radius 1 is 1.22 bits per heavy atom. The molecule has 0 unspecified atom stereocenters. The molecule has 0 bridgehead atoms. The molecule has 1 aromatic heterocycles. The van der Waals surface area contributed by atoms with Gasteiger partial charge < -0.3 is 20.1 Å². The molecule has 1 heterocycles. The van der Waals surface area contributed by atoms with E-state index in [4.69, 9.17) is 9.47 Å². The third kappa shape index (κ3) is 7.17. The zero-order chi connectivity index (χ0) is 18.9. The maximum absolute atomic E-state index is 5.43. The van der Waals surface area contributed by atoms with Gasteiger partial charge in [0.2, 0.25) is 0 Å². The summed E-state index contributed by atoms with van der Waals surface area (Å²) in [5.74, 6) is 2.80. The van der Waals surface area contributed by atoms with Crippen molar-refractivity contribution in [2.75, 3.05) is 27.8 Å². The zero-order valence-corrected chi connectivity index (χ0v) is 19.7. The summed E-state index contributed by atoms with van der Waals surface area (Å²) >= 11 is 1.73. The molecule has 0 saturated heterocycles. The Bertz CT molecular complexity index is 734. The minimum atomic E-state index is 0. The van der Waals surface area contributed by atoms with Crippen molar-refractivity contribution < 1.29 is 9.47 Å². The molecular formula is C19H29IN4O2S. The van der Waals surface area contributed by atoms with E-state index in [2.05, 4.69) is 39.8 Å². The Labute approximate surface area is 182 Å². The van der Waals surface area contributed by atoms with E-state index in [0.29, 0.717) is 12.5 Å². The lowest BCUT2D eigenvalue weighted by Gasteiger charge is -2.14. The van der Waals surface area contributed by atoms with Gasteiger partial charge in [-0.1, -0.05) is 13.8 Å². The maximum Gasteiger partial charge on any atom is 0.191 e. The number of hydrogen-bond acceptors (Lipinski definition) is 5. The molecule has 2 rings (SSSR count). The molecule has 0 atom stereocenters. The van der Waals surface area contributed by atoms with Gasteiger partial charge in [0, 0.05) is 49.5 Å². The highest BCUT2D eigenvalue weighted by Gasteiger charge is 2.08. The average Bonchev–Trinajstić information content (AvgIpc) is 3.13. The number of halogens is 1. The van der Waals surface area contributed by atoms with E-state index in [1.54, 1.807) is 32.6 Å². The predicted molar refractivity (Wildman–Crippen MR) is 123 cm³/mol. The fourth-order valence-electron chi connectivity index (χ4n) is 2.41. The number of hydrogen-bond donors (Lipinski definition) is 2. The Hall–Kier alpha value is -1.55. The van der Waals surface area contributed by atoms with Crippen molar-refractivity contribution in [1.82, 2.24) is 15.6 Å². The molecule has 0 fully saturated rings. The standard InChI is InChI=1S/C19H28N4O2S.HI/c1-13(2)18-23-15(12-26-18)8-9-21-19(20-3)22-11-14-6-7-16(24-4)10-17(14)25-5;/h6-7,10,12-13H,8-9,11H2,1-5H3,(H2,20,21,22);1H. The van der Waals surface area contributed by atoms with Crippen LogP contribution in [-0.4, -0.2) is 38.8 Å². The summed E-state index contributed by atoms with van der Waals surface area (Å²) in [6, 6.07) is 5.78. The van der Waals surface area contributed by atoms with Crippen LogP contribution in [0.3, 0.4) is 0 Å². The summed E-state index contributed by atoms with van der Waals surface area (Å²) in [7, 11) is 5.07. The van der Waals surface area contributed by atoms with E-state index >= 15 is 0 Å². The second kappa shape index (κ2) is 12.0. The SMILES string of the molecule is CN=C(NCCc1csc(C(C)C)n1)NCc1ccc(OC)cc1OC.I. The highest BCUT2D eigenvalue weighted by molar-refractivity contribution is 14.0. The number of nitrogens with one attached hydrogen (secondary N) is 2. The van der Waals surface area contributed by atoms with Crippen molar-refractivity contribution in [2.45, 2.75) is 32.7 Å². The van der Waals surface area contributed by atoms with E-state index in [1.807, 2.05) is 18.2 Å². The summed E-state index contributed by atoms with van der Waals surface area (Å²) in [6.45, 7) is 5.72. The molecule has 150 valence electrons. The Kier molecular flexibility index (Phi) is 10.5. The van der Waals surface area contributed by atoms with Crippen LogP contribution in [0.5, 0.6) is 11.5 Å². The van der Waals surface area contributed by atoms with Crippen molar-refractivity contribution in [3.8, 4) is 11.5 Å². The van der Waals surface area contributed by atoms with Gasteiger partial charge in [-0.05, 0) is 12.1 Å². The molecular weight excluding hydrogens is 475 g/mol. The third-order valence-electron chi connectivity index (χ3n) is 3.90. The number of methoxy groups -OCH3 is 2. The fraction of sp³-hybridized carbons (Fsp3) is 0.474. The molecule has 2 aromatic rings. The molecule has 1 aromatic carbocycles. The lowest BCUT2D eigenvalue weighted by molar-refractivity contribution is 0.390. The van der Waals surface area contributed by atoms with Crippen LogP contribution in [0.25, 0.3) is 0 Å². The minimum absolute atomic E-state index is 0. The quantitative estimate of drug-likeness (QED) is 0.325. The van der Waals surface area contributed by atoms with Gasteiger partial charge in [0.15, 0.2) is 5.96 Å². The number of guanidine groups is 1. The van der Waals surface area contributed by atoms with Crippen molar-refractivity contribution in [2.24, 2.45) is 4.99 Å². The smallest absolute Gasteiger partial charge is 0.191 e. The summed E-state index contributed by atoms with van der Waals surface area (Å²) in [6.07, 6.45) is 0.871. The monoisotopic (exact) mass is 504 g/mol. The van der Waals surface area contributed by atoms with E-state index in [-0.39, 0.29) is 24.0 Å².